The van der Waals surface area contributed by atoms with E-state index in [9.17, 15) is 0 Å². The number of unbranched alkanes of at least 4 members (excludes halogenated alkanes) is 6. The fourth-order valence-corrected chi connectivity index (χ4v) is 8.63. The van der Waals surface area contributed by atoms with Crippen LogP contribution in [0.15, 0.2) is 97.1 Å². The van der Waals surface area contributed by atoms with Crippen molar-refractivity contribution in [2.24, 2.45) is 5.92 Å². The van der Waals surface area contributed by atoms with E-state index in [-0.39, 0.29) is 5.41 Å². The van der Waals surface area contributed by atoms with E-state index in [2.05, 4.69) is 118 Å². The van der Waals surface area contributed by atoms with Crippen LogP contribution in [-0.4, -0.2) is 0 Å². The molecule has 5 rings (SSSR count). The summed E-state index contributed by atoms with van der Waals surface area (Å²) in [4.78, 5) is 0. The first-order chi connectivity index (χ1) is 24.0. The van der Waals surface area contributed by atoms with Crippen molar-refractivity contribution in [2.45, 2.75) is 141 Å². The summed E-state index contributed by atoms with van der Waals surface area (Å²) in [7, 11) is 0. The van der Waals surface area contributed by atoms with Crippen LogP contribution in [0.1, 0.15) is 169 Å². The Balaban J connectivity index is 1.43. The number of anilines is 2. The summed E-state index contributed by atoms with van der Waals surface area (Å²) in [6.07, 6.45) is 20.6. The molecule has 2 nitrogen and oxygen atoms in total. The quantitative estimate of drug-likeness (QED) is 0.0827. The minimum absolute atomic E-state index is 0.0655. The third-order valence-corrected chi connectivity index (χ3v) is 11.8. The van der Waals surface area contributed by atoms with Gasteiger partial charge in [-0.05, 0) is 102 Å². The molecule has 1 aliphatic carbocycles. The summed E-state index contributed by atoms with van der Waals surface area (Å²) in [5.74, 6) is 1.67. The Morgan fingerprint density at radius 3 is 1.24 bits per heavy atom. The maximum absolute atomic E-state index is 6.07. The number of hydrogen-bond acceptors (Lipinski definition) is 2. The molecule has 262 valence electrons. The van der Waals surface area contributed by atoms with Crippen molar-refractivity contribution in [3.63, 3.8) is 0 Å². The summed E-state index contributed by atoms with van der Waals surface area (Å²) in [6, 6.07) is 36.9. The molecule has 4 aromatic carbocycles. The van der Waals surface area contributed by atoms with E-state index in [0.29, 0.717) is 11.8 Å². The number of hydrogen-bond donors (Lipinski definition) is 2. The van der Waals surface area contributed by atoms with Gasteiger partial charge in [0.15, 0.2) is 0 Å². The average molecular weight is 657 g/mol. The van der Waals surface area contributed by atoms with Crippen LogP contribution in [0, 0.1) is 5.92 Å². The smallest absolute Gasteiger partial charge is 0.0314 e. The molecule has 0 bridgehead atoms. The predicted molar refractivity (Wildman–Crippen MR) is 213 cm³/mol. The summed E-state index contributed by atoms with van der Waals surface area (Å²) >= 11 is 0. The minimum atomic E-state index is 0.0655. The predicted octanol–water partition coefficient (Wildman–Crippen LogP) is 13.3. The highest BCUT2D eigenvalue weighted by Crippen LogP contribution is 2.48. The van der Waals surface area contributed by atoms with Crippen LogP contribution in [0.3, 0.4) is 0 Å². The van der Waals surface area contributed by atoms with Gasteiger partial charge in [0.05, 0.1) is 0 Å². The first-order valence-corrected chi connectivity index (χ1v) is 19.9. The first kappa shape index (κ1) is 36.8. The number of rotatable bonds is 18. The van der Waals surface area contributed by atoms with Crippen molar-refractivity contribution in [3.8, 4) is 0 Å². The van der Waals surface area contributed by atoms with Gasteiger partial charge in [-0.3, -0.25) is 0 Å². The van der Waals surface area contributed by atoms with E-state index in [4.69, 9.17) is 11.5 Å². The Hall–Kier alpha value is -3.52. The van der Waals surface area contributed by atoms with Crippen molar-refractivity contribution in [2.75, 3.05) is 11.5 Å². The van der Waals surface area contributed by atoms with Gasteiger partial charge in [-0.15, -0.1) is 0 Å². The fourth-order valence-electron chi connectivity index (χ4n) is 8.63. The first-order valence-electron chi connectivity index (χ1n) is 19.9. The molecule has 4 N–H and O–H groups in total. The van der Waals surface area contributed by atoms with Crippen LogP contribution in [0.25, 0.3) is 0 Å². The molecule has 1 saturated carbocycles. The SMILES string of the molecule is CCCCCCCC1CCC(c2ccc(C(CCCC)c3ccc(N)cc3)cc2)(c2ccc(C(CCCC)c3ccc(N)cc3)cc2)CC1. The van der Waals surface area contributed by atoms with Crippen LogP contribution in [0.2, 0.25) is 0 Å². The lowest BCUT2D eigenvalue weighted by Crippen LogP contribution is -2.33. The normalized spacial score (nSPS) is 19.0. The number of nitrogen functional groups attached to an aromatic ring is 2. The third-order valence-electron chi connectivity index (χ3n) is 11.8. The summed E-state index contributed by atoms with van der Waals surface area (Å²) in [5.41, 5.74) is 22.5. The average Bonchev–Trinajstić information content (AvgIpc) is 3.14. The van der Waals surface area contributed by atoms with Crippen molar-refractivity contribution < 1.29 is 0 Å². The molecule has 49 heavy (non-hydrogen) atoms. The Morgan fingerprint density at radius 1 is 0.490 bits per heavy atom. The molecular formula is C47H64N2. The molecule has 4 aromatic rings. The van der Waals surface area contributed by atoms with E-state index in [0.717, 1.165) is 17.3 Å². The van der Waals surface area contributed by atoms with Gasteiger partial charge in [0, 0.05) is 28.6 Å². The Morgan fingerprint density at radius 2 is 0.857 bits per heavy atom. The maximum Gasteiger partial charge on any atom is 0.0314 e. The van der Waals surface area contributed by atoms with Gasteiger partial charge in [-0.25, -0.2) is 0 Å². The topological polar surface area (TPSA) is 52.0 Å². The Labute approximate surface area is 299 Å². The van der Waals surface area contributed by atoms with Crippen LogP contribution in [0.5, 0.6) is 0 Å². The molecule has 2 heteroatoms. The summed E-state index contributed by atoms with van der Waals surface area (Å²) in [5, 5.41) is 0. The number of benzene rings is 4. The molecule has 1 fully saturated rings. The second-order valence-electron chi connectivity index (χ2n) is 15.2. The lowest BCUT2D eigenvalue weighted by Gasteiger charge is -2.42. The fraction of sp³-hybridized carbons (Fsp3) is 0.489. The molecule has 2 unspecified atom stereocenters. The van der Waals surface area contributed by atoms with E-state index < -0.39 is 0 Å². The Kier molecular flexibility index (Phi) is 13.9. The molecule has 0 aliphatic heterocycles. The molecule has 0 aromatic heterocycles. The van der Waals surface area contributed by atoms with Gasteiger partial charge in [0.2, 0.25) is 0 Å². The zero-order valence-electron chi connectivity index (χ0n) is 30.9. The van der Waals surface area contributed by atoms with Crippen LogP contribution in [-0.2, 0) is 5.41 Å². The molecule has 1 aliphatic rings. The zero-order chi connectivity index (χ0) is 34.5. The van der Waals surface area contributed by atoms with Gasteiger partial charge in [0.25, 0.3) is 0 Å². The van der Waals surface area contributed by atoms with E-state index in [1.165, 1.54) is 136 Å². The third kappa shape index (κ3) is 9.59. The van der Waals surface area contributed by atoms with E-state index in [1.54, 1.807) is 0 Å². The second kappa shape index (κ2) is 18.5. The van der Waals surface area contributed by atoms with Crippen LogP contribution >= 0.6 is 0 Å². The molecule has 0 spiro atoms. The zero-order valence-corrected chi connectivity index (χ0v) is 30.9. The highest BCUT2D eigenvalue weighted by molar-refractivity contribution is 5.47. The van der Waals surface area contributed by atoms with Crippen LogP contribution < -0.4 is 11.5 Å². The Bertz CT molecular complexity index is 1390. The van der Waals surface area contributed by atoms with Gasteiger partial charge < -0.3 is 11.5 Å². The van der Waals surface area contributed by atoms with Crippen molar-refractivity contribution >= 4 is 11.4 Å². The maximum atomic E-state index is 6.07. The minimum Gasteiger partial charge on any atom is -0.399 e. The lowest BCUT2D eigenvalue weighted by atomic mass is 9.62. The van der Waals surface area contributed by atoms with Gasteiger partial charge in [0.1, 0.15) is 0 Å². The highest BCUT2D eigenvalue weighted by atomic mass is 14.5. The molecule has 0 amide bonds. The lowest BCUT2D eigenvalue weighted by molar-refractivity contribution is 0.250. The van der Waals surface area contributed by atoms with Crippen molar-refractivity contribution in [1.29, 1.82) is 0 Å². The largest absolute Gasteiger partial charge is 0.399 e. The molecule has 0 heterocycles. The van der Waals surface area contributed by atoms with Crippen molar-refractivity contribution in [3.05, 3.63) is 130 Å². The standard InChI is InChI=1S/C47H64N2/c1-4-7-10-11-12-13-36-32-34-47(35-33-36,41-24-16-37(17-25-41)45(14-8-5-2)39-20-28-43(48)29-21-39)42-26-18-38(19-27-42)46(15-9-6-3)40-22-30-44(49)31-23-40/h16-31,36,45-46H,4-15,32-35,48-49H2,1-3H3. The molecular weight excluding hydrogens is 593 g/mol. The monoisotopic (exact) mass is 657 g/mol. The summed E-state index contributed by atoms with van der Waals surface area (Å²) < 4.78 is 0. The van der Waals surface area contributed by atoms with Crippen molar-refractivity contribution in [1.82, 2.24) is 0 Å². The second-order valence-corrected chi connectivity index (χ2v) is 15.2. The summed E-state index contributed by atoms with van der Waals surface area (Å²) in [6.45, 7) is 6.90. The molecule has 0 radical (unpaired) electrons. The van der Waals surface area contributed by atoms with Gasteiger partial charge in [-0.1, -0.05) is 158 Å². The van der Waals surface area contributed by atoms with Crippen LogP contribution in [0.4, 0.5) is 11.4 Å². The van der Waals surface area contributed by atoms with Gasteiger partial charge >= 0.3 is 0 Å². The van der Waals surface area contributed by atoms with Gasteiger partial charge in [-0.2, -0.15) is 0 Å². The highest BCUT2D eigenvalue weighted by Gasteiger charge is 2.38. The van der Waals surface area contributed by atoms with E-state index in [1.807, 2.05) is 0 Å². The molecule has 0 saturated heterocycles. The number of nitrogens with two attached hydrogens (primary N) is 2. The van der Waals surface area contributed by atoms with E-state index >= 15 is 0 Å². The molecule has 2 atom stereocenters.